The fraction of sp³-hybridized carbons (Fsp3) is 0.167. The van der Waals surface area contributed by atoms with Crippen LogP contribution in [0.5, 0.6) is 5.88 Å². The van der Waals surface area contributed by atoms with Crippen molar-refractivity contribution >= 4 is 55.0 Å². The van der Waals surface area contributed by atoms with Crippen LogP contribution >= 0.6 is 39.1 Å². The molecule has 0 saturated heterocycles. The van der Waals surface area contributed by atoms with E-state index in [9.17, 15) is 12.8 Å². The minimum absolute atomic E-state index is 0.0883. The van der Waals surface area contributed by atoms with Crippen LogP contribution in [0.4, 0.5) is 10.2 Å². The lowest BCUT2D eigenvalue weighted by atomic mass is 10.4. The Morgan fingerprint density at radius 1 is 1.35 bits per heavy atom. The van der Waals surface area contributed by atoms with Crippen molar-refractivity contribution < 1.29 is 17.5 Å². The van der Waals surface area contributed by atoms with E-state index in [1.165, 1.54) is 24.4 Å². The molecule has 0 atom stereocenters. The summed E-state index contributed by atoms with van der Waals surface area (Å²) in [6, 6.07) is 4.18. The summed E-state index contributed by atoms with van der Waals surface area (Å²) in [6.45, 7) is -1.06. The second-order valence-electron chi connectivity index (χ2n) is 4.04. The molecule has 6 nitrogen and oxygen atoms in total. The number of anilines is 1. The molecule has 11 heteroatoms. The van der Waals surface area contributed by atoms with Crippen molar-refractivity contribution in [3.05, 3.63) is 39.0 Å². The fourth-order valence-electron chi connectivity index (χ4n) is 1.53. The Morgan fingerprint density at radius 3 is 2.78 bits per heavy atom. The van der Waals surface area contributed by atoms with Gasteiger partial charge in [0.1, 0.15) is 22.8 Å². The van der Waals surface area contributed by atoms with Gasteiger partial charge in [-0.05, 0) is 28.1 Å². The number of sulfonamides is 1. The topological polar surface area (TPSA) is 81.2 Å². The maximum atomic E-state index is 12.4. The SMILES string of the molecule is O=S(=O)(Nc1ncc(Br)nc1OCCF)c1cccc(Cl)c1Cl. The summed E-state index contributed by atoms with van der Waals surface area (Å²) in [4.78, 5) is 7.55. The lowest BCUT2D eigenvalue weighted by molar-refractivity contribution is 0.264. The molecular weight excluding hydrogens is 436 g/mol. The number of nitrogens with one attached hydrogen (secondary N) is 1. The van der Waals surface area contributed by atoms with Gasteiger partial charge < -0.3 is 4.74 Å². The minimum atomic E-state index is -4.08. The second-order valence-corrected chi connectivity index (χ2v) is 7.29. The van der Waals surface area contributed by atoms with Crippen LogP contribution in [0.15, 0.2) is 33.9 Å². The van der Waals surface area contributed by atoms with Gasteiger partial charge in [-0.3, -0.25) is 4.72 Å². The van der Waals surface area contributed by atoms with Gasteiger partial charge in [-0.1, -0.05) is 29.3 Å². The number of halogens is 4. The Morgan fingerprint density at radius 2 is 2.09 bits per heavy atom. The van der Waals surface area contributed by atoms with Crippen molar-refractivity contribution in [1.29, 1.82) is 0 Å². The van der Waals surface area contributed by atoms with Crippen LogP contribution in [0.1, 0.15) is 0 Å². The van der Waals surface area contributed by atoms with Crippen LogP contribution in [0.3, 0.4) is 0 Å². The highest BCUT2D eigenvalue weighted by Gasteiger charge is 2.22. The molecule has 0 saturated carbocycles. The number of aromatic nitrogens is 2. The summed E-state index contributed by atoms with van der Waals surface area (Å²) in [5, 5.41) is -0.0386. The first-order valence-corrected chi connectivity index (χ1v) is 9.06. The Balaban J connectivity index is 2.39. The minimum Gasteiger partial charge on any atom is -0.472 e. The van der Waals surface area contributed by atoms with E-state index < -0.39 is 16.7 Å². The molecule has 0 unspecified atom stereocenters. The molecule has 1 heterocycles. The number of rotatable bonds is 6. The molecule has 2 rings (SSSR count). The smallest absolute Gasteiger partial charge is 0.264 e. The standard InChI is InChI=1S/C12H9BrCl2FN3O3S/c13-9-6-17-11(12(18-9)22-5-4-16)19-23(20,21)8-3-1-2-7(14)10(8)15/h1-3,6H,4-5H2,(H,17,19). The Kier molecular flexibility index (Phi) is 6.01. The summed E-state index contributed by atoms with van der Waals surface area (Å²) in [7, 11) is -4.08. The first-order chi connectivity index (χ1) is 10.8. The van der Waals surface area contributed by atoms with Gasteiger partial charge in [0, 0.05) is 0 Å². The van der Waals surface area contributed by atoms with E-state index in [1.807, 2.05) is 0 Å². The van der Waals surface area contributed by atoms with E-state index in [1.54, 1.807) is 0 Å². The number of ether oxygens (including phenoxy) is 1. The van der Waals surface area contributed by atoms with Gasteiger partial charge in [-0.2, -0.15) is 0 Å². The Labute approximate surface area is 150 Å². The van der Waals surface area contributed by atoms with Gasteiger partial charge in [-0.25, -0.2) is 22.8 Å². The molecule has 1 N–H and O–H groups in total. The molecule has 0 radical (unpaired) electrons. The van der Waals surface area contributed by atoms with Crippen LogP contribution in [0.25, 0.3) is 0 Å². The molecule has 23 heavy (non-hydrogen) atoms. The number of alkyl halides is 1. The van der Waals surface area contributed by atoms with Crippen molar-refractivity contribution in [1.82, 2.24) is 9.97 Å². The monoisotopic (exact) mass is 443 g/mol. The molecule has 0 fully saturated rings. The van der Waals surface area contributed by atoms with Crippen molar-refractivity contribution in [2.24, 2.45) is 0 Å². The summed E-state index contributed by atoms with van der Waals surface area (Å²) in [5.41, 5.74) is 0. The molecule has 0 amide bonds. The van der Waals surface area contributed by atoms with Crippen molar-refractivity contribution in [3.8, 4) is 5.88 Å². The van der Waals surface area contributed by atoms with Crippen LogP contribution in [-0.4, -0.2) is 31.7 Å². The molecule has 0 aliphatic heterocycles. The first-order valence-electron chi connectivity index (χ1n) is 6.03. The second kappa shape index (κ2) is 7.61. The molecule has 1 aromatic carbocycles. The van der Waals surface area contributed by atoms with E-state index in [2.05, 4.69) is 30.6 Å². The largest absolute Gasteiger partial charge is 0.472 e. The average molecular weight is 445 g/mol. The van der Waals surface area contributed by atoms with Crippen LogP contribution in [0, 0.1) is 0 Å². The number of nitrogens with zero attached hydrogens (tertiary/aromatic N) is 2. The summed E-state index contributed by atoms with van der Waals surface area (Å²) >= 11 is 14.8. The maximum absolute atomic E-state index is 12.4. The zero-order chi connectivity index (χ0) is 17.0. The Bertz CT molecular complexity index is 823. The van der Waals surface area contributed by atoms with Crippen LogP contribution in [-0.2, 0) is 10.0 Å². The summed E-state index contributed by atoms with van der Waals surface area (Å²) < 4.78 is 44.6. The van der Waals surface area contributed by atoms with Crippen LogP contribution in [0.2, 0.25) is 10.0 Å². The van der Waals surface area contributed by atoms with Crippen molar-refractivity contribution in [2.45, 2.75) is 4.90 Å². The quantitative estimate of drug-likeness (QED) is 0.734. The van der Waals surface area contributed by atoms with E-state index in [0.717, 1.165) is 0 Å². The lowest BCUT2D eigenvalue weighted by Crippen LogP contribution is -2.16. The molecule has 0 aliphatic rings. The van der Waals surface area contributed by atoms with Gasteiger partial charge in [0.2, 0.25) is 5.82 Å². The normalized spacial score (nSPS) is 11.3. The highest BCUT2D eigenvalue weighted by atomic mass is 79.9. The number of benzene rings is 1. The van der Waals surface area contributed by atoms with Gasteiger partial charge in [0.25, 0.3) is 15.9 Å². The predicted octanol–water partition coefficient (Wildman–Crippen LogP) is 3.70. The maximum Gasteiger partial charge on any atom is 0.264 e. The molecule has 124 valence electrons. The van der Waals surface area contributed by atoms with Gasteiger partial charge in [-0.15, -0.1) is 0 Å². The van der Waals surface area contributed by atoms with Crippen molar-refractivity contribution in [2.75, 3.05) is 18.0 Å². The third-order valence-corrected chi connectivity index (χ3v) is 5.16. The lowest BCUT2D eigenvalue weighted by Gasteiger charge is -2.12. The zero-order valence-corrected chi connectivity index (χ0v) is 15.2. The Hall–Kier alpha value is -1.16. The summed E-state index contributed by atoms with van der Waals surface area (Å²) in [6.07, 6.45) is 1.26. The first kappa shape index (κ1) is 18.2. The van der Waals surface area contributed by atoms with E-state index in [0.29, 0.717) is 4.60 Å². The third kappa shape index (κ3) is 4.43. The average Bonchev–Trinajstić information content (AvgIpc) is 2.50. The highest BCUT2D eigenvalue weighted by Crippen LogP contribution is 2.31. The predicted molar refractivity (Wildman–Crippen MR) is 88.5 cm³/mol. The molecule has 0 bridgehead atoms. The molecule has 1 aromatic heterocycles. The number of hydrogen-bond acceptors (Lipinski definition) is 5. The van der Waals surface area contributed by atoms with E-state index in [4.69, 9.17) is 27.9 Å². The van der Waals surface area contributed by atoms with Gasteiger partial charge >= 0.3 is 0 Å². The van der Waals surface area contributed by atoms with Crippen molar-refractivity contribution in [3.63, 3.8) is 0 Å². The van der Waals surface area contributed by atoms with Gasteiger partial charge in [0.05, 0.1) is 16.2 Å². The van der Waals surface area contributed by atoms with E-state index >= 15 is 0 Å². The van der Waals surface area contributed by atoms with E-state index in [-0.39, 0.29) is 33.2 Å². The zero-order valence-electron chi connectivity index (χ0n) is 11.3. The van der Waals surface area contributed by atoms with Crippen LogP contribution < -0.4 is 9.46 Å². The van der Waals surface area contributed by atoms with Gasteiger partial charge in [0.15, 0.2) is 0 Å². The highest BCUT2D eigenvalue weighted by molar-refractivity contribution is 9.10. The fourth-order valence-corrected chi connectivity index (χ4v) is 3.56. The molecule has 0 spiro atoms. The third-order valence-electron chi connectivity index (χ3n) is 2.46. The summed E-state index contributed by atoms with van der Waals surface area (Å²) in [5.74, 6) is -0.364. The molecule has 2 aromatic rings. The molecular formula is C12H9BrCl2FN3O3S. The molecule has 0 aliphatic carbocycles. The number of hydrogen-bond donors (Lipinski definition) is 1.